The number of aromatic amines is 1. The Kier molecular flexibility index (Phi) is 3.70. The van der Waals surface area contributed by atoms with Crippen LogP contribution in [0.2, 0.25) is 0 Å². The molecular formula is C15H18N4O3. The minimum atomic E-state index is -0.841. The molecule has 2 aromatic rings. The lowest BCUT2D eigenvalue weighted by Crippen LogP contribution is -2.44. The number of fused-ring (bicyclic) bond motifs is 1. The van der Waals surface area contributed by atoms with Gasteiger partial charge in [-0.15, -0.1) is 0 Å². The molecule has 1 fully saturated rings. The summed E-state index contributed by atoms with van der Waals surface area (Å²) in [6.07, 6.45) is 3.08. The number of nitrogens with one attached hydrogen (secondary N) is 2. The molecule has 1 unspecified atom stereocenters. The Morgan fingerprint density at radius 1 is 1.45 bits per heavy atom. The lowest BCUT2D eigenvalue weighted by molar-refractivity contribution is -0.143. The van der Waals surface area contributed by atoms with Crippen molar-refractivity contribution in [1.29, 1.82) is 0 Å². The summed E-state index contributed by atoms with van der Waals surface area (Å²) in [5, 5.41) is 19.8. The van der Waals surface area contributed by atoms with Crippen molar-refractivity contribution >= 4 is 28.6 Å². The first-order chi connectivity index (χ1) is 10.5. The van der Waals surface area contributed by atoms with E-state index in [1.54, 1.807) is 11.1 Å². The van der Waals surface area contributed by atoms with Gasteiger partial charge in [-0.1, -0.05) is 0 Å². The van der Waals surface area contributed by atoms with E-state index in [9.17, 15) is 9.59 Å². The van der Waals surface area contributed by atoms with Crippen molar-refractivity contribution in [2.45, 2.75) is 19.8 Å². The molecule has 1 saturated heterocycles. The molecule has 116 valence electrons. The predicted octanol–water partition coefficient (Wildman–Crippen LogP) is 2.20. The summed E-state index contributed by atoms with van der Waals surface area (Å²) < 4.78 is 0. The van der Waals surface area contributed by atoms with Gasteiger partial charge < -0.3 is 15.3 Å². The number of piperidine rings is 1. The molecule has 0 aliphatic carbocycles. The maximum atomic E-state index is 12.3. The van der Waals surface area contributed by atoms with Gasteiger partial charge in [-0.05, 0) is 37.5 Å². The fourth-order valence-corrected chi connectivity index (χ4v) is 2.87. The van der Waals surface area contributed by atoms with Crippen molar-refractivity contribution in [3.05, 3.63) is 23.9 Å². The summed E-state index contributed by atoms with van der Waals surface area (Å²) in [4.78, 5) is 25.0. The summed E-state index contributed by atoms with van der Waals surface area (Å²) in [5.74, 6) is -1.32. The van der Waals surface area contributed by atoms with Crippen molar-refractivity contribution in [3.8, 4) is 0 Å². The zero-order chi connectivity index (χ0) is 15.7. The molecule has 2 heterocycles. The van der Waals surface area contributed by atoms with Gasteiger partial charge in [-0.25, -0.2) is 4.79 Å². The average Bonchev–Trinajstić information content (AvgIpc) is 2.96. The SMILES string of the molecule is Cc1cc(NC(=O)N2CCCC(C(=O)O)C2)cc2[nH]ncc12. The molecule has 3 rings (SSSR count). The second-order valence-electron chi connectivity index (χ2n) is 5.68. The van der Waals surface area contributed by atoms with Crippen LogP contribution in [0, 0.1) is 12.8 Å². The third-order valence-electron chi connectivity index (χ3n) is 4.07. The number of aromatic nitrogens is 2. The highest BCUT2D eigenvalue weighted by Gasteiger charge is 2.28. The first kappa shape index (κ1) is 14.4. The van der Waals surface area contributed by atoms with E-state index in [1.165, 1.54) is 0 Å². The van der Waals surface area contributed by atoms with Crippen molar-refractivity contribution < 1.29 is 14.7 Å². The number of carboxylic acid groups (broad SMARTS) is 1. The summed E-state index contributed by atoms with van der Waals surface area (Å²) in [7, 11) is 0. The van der Waals surface area contributed by atoms with E-state index in [2.05, 4.69) is 15.5 Å². The molecule has 0 spiro atoms. The fourth-order valence-electron chi connectivity index (χ4n) is 2.87. The predicted molar refractivity (Wildman–Crippen MR) is 81.8 cm³/mol. The number of anilines is 1. The molecule has 2 amide bonds. The maximum Gasteiger partial charge on any atom is 0.321 e. The molecule has 1 aromatic heterocycles. The number of H-pyrrole nitrogens is 1. The van der Waals surface area contributed by atoms with E-state index < -0.39 is 11.9 Å². The number of benzene rings is 1. The van der Waals surface area contributed by atoms with E-state index in [0.29, 0.717) is 25.1 Å². The topological polar surface area (TPSA) is 98.3 Å². The zero-order valence-electron chi connectivity index (χ0n) is 12.3. The third kappa shape index (κ3) is 2.74. The van der Waals surface area contributed by atoms with E-state index in [-0.39, 0.29) is 12.6 Å². The summed E-state index contributed by atoms with van der Waals surface area (Å²) >= 11 is 0. The smallest absolute Gasteiger partial charge is 0.321 e. The number of rotatable bonds is 2. The fraction of sp³-hybridized carbons (Fsp3) is 0.400. The van der Waals surface area contributed by atoms with Crippen LogP contribution in [0.5, 0.6) is 0 Å². The van der Waals surface area contributed by atoms with Gasteiger partial charge >= 0.3 is 12.0 Å². The average molecular weight is 302 g/mol. The number of aliphatic carboxylic acids is 1. The molecule has 1 atom stereocenters. The largest absolute Gasteiger partial charge is 0.481 e. The van der Waals surface area contributed by atoms with E-state index in [0.717, 1.165) is 16.5 Å². The molecule has 7 nitrogen and oxygen atoms in total. The Balaban J connectivity index is 1.73. The zero-order valence-corrected chi connectivity index (χ0v) is 12.3. The number of amides is 2. The highest BCUT2D eigenvalue weighted by molar-refractivity contribution is 5.93. The van der Waals surface area contributed by atoms with Crippen LogP contribution in [-0.4, -0.2) is 45.3 Å². The van der Waals surface area contributed by atoms with Crippen molar-refractivity contribution in [3.63, 3.8) is 0 Å². The Bertz CT molecular complexity index is 725. The monoisotopic (exact) mass is 302 g/mol. The third-order valence-corrected chi connectivity index (χ3v) is 4.07. The highest BCUT2D eigenvalue weighted by Crippen LogP contribution is 2.23. The number of carbonyl (C=O) groups is 2. The Morgan fingerprint density at radius 2 is 2.27 bits per heavy atom. The van der Waals surface area contributed by atoms with Gasteiger partial charge in [0, 0.05) is 24.2 Å². The Hall–Kier alpha value is -2.57. The normalized spacial score (nSPS) is 18.4. The van der Waals surface area contributed by atoms with Gasteiger partial charge in [0.2, 0.25) is 0 Å². The first-order valence-electron chi connectivity index (χ1n) is 7.27. The van der Waals surface area contributed by atoms with E-state index in [4.69, 9.17) is 5.11 Å². The Morgan fingerprint density at radius 3 is 3.05 bits per heavy atom. The number of nitrogens with zero attached hydrogens (tertiary/aromatic N) is 2. The highest BCUT2D eigenvalue weighted by atomic mass is 16.4. The number of hydrogen-bond acceptors (Lipinski definition) is 3. The molecule has 1 aromatic carbocycles. The van der Waals surface area contributed by atoms with E-state index in [1.807, 2.05) is 19.1 Å². The lowest BCUT2D eigenvalue weighted by atomic mass is 9.99. The molecule has 0 radical (unpaired) electrons. The summed E-state index contributed by atoms with van der Waals surface area (Å²) in [5.41, 5.74) is 2.55. The summed E-state index contributed by atoms with van der Waals surface area (Å²) in [6.45, 7) is 2.79. The van der Waals surface area contributed by atoms with Gasteiger partial charge in [0.1, 0.15) is 0 Å². The number of urea groups is 1. The molecule has 3 N–H and O–H groups in total. The second kappa shape index (κ2) is 5.67. The van der Waals surface area contributed by atoms with Crippen LogP contribution in [0.1, 0.15) is 18.4 Å². The number of likely N-dealkylation sites (tertiary alicyclic amines) is 1. The van der Waals surface area contributed by atoms with Crippen LogP contribution in [0.3, 0.4) is 0 Å². The number of aryl methyl sites for hydroxylation is 1. The van der Waals surface area contributed by atoms with Crippen LogP contribution in [0.15, 0.2) is 18.3 Å². The minimum Gasteiger partial charge on any atom is -0.481 e. The minimum absolute atomic E-state index is 0.256. The van der Waals surface area contributed by atoms with Crippen molar-refractivity contribution in [2.75, 3.05) is 18.4 Å². The standard InChI is InChI=1S/C15H18N4O3/c1-9-5-11(6-13-12(9)7-16-18-13)17-15(22)19-4-2-3-10(8-19)14(20)21/h5-7,10H,2-4,8H2,1H3,(H,16,18)(H,17,22)(H,20,21). The van der Waals surface area contributed by atoms with Crippen molar-refractivity contribution in [1.82, 2.24) is 15.1 Å². The Labute approximate surface area is 127 Å². The number of carbonyl (C=O) groups excluding carboxylic acids is 1. The second-order valence-corrected chi connectivity index (χ2v) is 5.68. The summed E-state index contributed by atoms with van der Waals surface area (Å²) in [6, 6.07) is 3.45. The molecule has 0 saturated carbocycles. The molecule has 1 aliphatic heterocycles. The molecular weight excluding hydrogens is 284 g/mol. The van der Waals surface area contributed by atoms with Crippen LogP contribution < -0.4 is 5.32 Å². The van der Waals surface area contributed by atoms with Gasteiger partial charge in [0.05, 0.1) is 17.6 Å². The molecule has 7 heteroatoms. The number of carboxylic acids is 1. The van der Waals surface area contributed by atoms with E-state index >= 15 is 0 Å². The molecule has 22 heavy (non-hydrogen) atoms. The number of hydrogen-bond donors (Lipinski definition) is 3. The lowest BCUT2D eigenvalue weighted by Gasteiger charge is -2.30. The van der Waals surface area contributed by atoms with Gasteiger partial charge in [-0.3, -0.25) is 9.89 Å². The first-order valence-corrected chi connectivity index (χ1v) is 7.27. The van der Waals surface area contributed by atoms with Gasteiger partial charge in [0.15, 0.2) is 0 Å². The molecule has 1 aliphatic rings. The quantitative estimate of drug-likeness (QED) is 0.792. The maximum absolute atomic E-state index is 12.3. The van der Waals surface area contributed by atoms with Crippen LogP contribution in [0.25, 0.3) is 10.9 Å². The van der Waals surface area contributed by atoms with Crippen molar-refractivity contribution in [2.24, 2.45) is 5.92 Å². The van der Waals surface area contributed by atoms with Gasteiger partial charge in [0.25, 0.3) is 0 Å². The van der Waals surface area contributed by atoms with Gasteiger partial charge in [-0.2, -0.15) is 5.10 Å². The van der Waals surface area contributed by atoms with Crippen LogP contribution in [-0.2, 0) is 4.79 Å². The van der Waals surface area contributed by atoms with Crippen LogP contribution >= 0.6 is 0 Å². The van der Waals surface area contributed by atoms with Crippen LogP contribution in [0.4, 0.5) is 10.5 Å². The molecule has 0 bridgehead atoms.